The van der Waals surface area contributed by atoms with Gasteiger partial charge in [0.25, 0.3) is 5.91 Å². The van der Waals surface area contributed by atoms with Gasteiger partial charge < -0.3 is 5.11 Å². The molecule has 1 amide bonds. The molecule has 1 aromatic heterocycles. The number of nitrogens with one attached hydrogen (secondary N) is 1. The Labute approximate surface area is 196 Å². The molecule has 0 radical (unpaired) electrons. The molecular weight excluding hydrogens is 531 g/mol. The molecule has 0 aliphatic heterocycles. The van der Waals surface area contributed by atoms with Crippen molar-refractivity contribution in [3.05, 3.63) is 79.7 Å². The number of hydrogen-bond donors (Lipinski definition) is 2. The van der Waals surface area contributed by atoms with E-state index in [0.29, 0.717) is 26.7 Å². The van der Waals surface area contributed by atoms with Crippen LogP contribution in [-0.4, -0.2) is 27.0 Å². The zero-order valence-corrected chi connectivity index (χ0v) is 20.3. The number of hydrogen-bond acceptors (Lipinski definition) is 4. The number of phenolic OH excluding ortho intramolecular Hbond substituents is 1. The predicted molar refractivity (Wildman–Crippen MR) is 125 cm³/mol. The van der Waals surface area contributed by atoms with E-state index in [0.717, 1.165) is 11.3 Å². The minimum Gasteiger partial charge on any atom is -0.506 e. The second-order valence-corrected chi connectivity index (χ2v) is 9.69. The maximum atomic E-state index is 13.2. The van der Waals surface area contributed by atoms with Crippen molar-refractivity contribution in [2.24, 2.45) is 5.10 Å². The molecule has 0 spiro atoms. The number of amides is 1. The molecule has 9 heteroatoms. The molecule has 0 aliphatic carbocycles. The van der Waals surface area contributed by atoms with Gasteiger partial charge in [-0.25, -0.2) is 9.82 Å². The summed E-state index contributed by atoms with van der Waals surface area (Å²) in [5.41, 5.74) is 4.86. The van der Waals surface area contributed by atoms with Gasteiger partial charge in [-0.3, -0.25) is 9.48 Å². The molecule has 0 bridgehead atoms. The standard InChI is InChI=1S/C22H21Br2FN4O2/c1-22(2,3)19-10-18(29(28-19)12-13-4-6-15(25)7-5-13)21(31)27-26-11-14-8-16(23)20(30)17(24)9-14/h4-11,30H,12H2,1-3H3,(H,27,31). The third-order valence-electron chi connectivity index (χ3n) is 4.45. The van der Waals surface area contributed by atoms with Crippen molar-refractivity contribution in [3.63, 3.8) is 0 Å². The van der Waals surface area contributed by atoms with Crippen molar-refractivity contribution >= 4 is 44.0 Å². The molecule has 3 rings (SSSR count). The Morgan fingerprint density at radius 1 is 1.19 bits per heavy atom. The molecule has 0 aliphatic rings. The number of phenols is 1. The van der Waals surface area contributed by atoms with Crippen LogP contribution in [0, 0.1) is 5.82 Å². The highest BCUT2D eigenvalue weighted by molar-refractivity contribution is 9.11. The second kappa shape index (κ2) is 9.32. The highest BCUT2D eigenvalue weighted by Crippen LogP contribution is 2.32. The summed E-state index contributed by atoms with van der Waals surface area (Å²) in [5, 5.41) is 18.4. The lowest BCUT2D eigenvalue weighted by molar-refractivity contribution is 0.0945. The lowest BCUT2D eigenvalue weighted by atomic mass is 9.92. The third-order valence-corrected chi connectivity index (χ3v) is 5.65. The van der Waals surface area contributed by atoms with E-state index in [1.54, 1.807) is 35.0 Å². The molecule has 0 atom stereocenters. The second-order valence-electron chi connectivity index (χ2n) is 7.98. The summed E-state index contributed by atoms with van der Waals surface area (Å²) in [6.07, 6.45) is 1.47. The smallest absolute Gasteiger partial charge is 0.289 e. The molecular formula is C22H21Br2FN4O2. The Morgan fingerprint density at radius 2 is 1.81 bits per heavy atom. The molecule has 162 valence electrons. The molecule has 0 saturated heterocycles. The van der Waals surface area contributed by atoms with Gasteiger partial charge in [0.05, 0.1) is 27.4 Å². The summed E-state index contributed by atoms with van der Waals surface area (Å²) in [6, 6.07) is 11.2. The first-order valence-electron chi connectivity index (χ1n) is 9.39. The van der Waals surface area contributed by atoms with Crippen molar-refractivity contribution < 1.29 is 14.3 Å². The lowest BCUT2D eigenvalue weighted by Gasteiger charge is -2.14. The van der Waals surface area contributed by atoms with Crippen LogP contribution in [0.25, 0.3) is 0 Å². The van der Waals surface area contributed by atoms with Crippen LogP contribution in [0.2, 0.25) is 0 Å². The van der Waals surface area contributed by atoms with Gasteiger partial charge in [0.2, 0.25) is 0 Å². The molecule has 0 unspecified atom stereocenters. The average molecular weight is 552 g/mol. The number of rotatable bonds is 5. The van der Waals surface area contributed by atoms with Gasteiger partial charge in [-0.15, -0.1) is 0 Å². The quantitative estimate of drug-likeness (QED) is 0.331. The van der Waals surface area contributed by atoms with E-state index in [2.05, 4.69) is 47.5 Å². The maximum Gasteiger partial charge on any atom is 0.289 e. The normalized spacial score (nSPS) is 11.8. The summed E-state index contributed by atoms with van der Waals surface area (Å²) in [6.45, 7) is 6.36. The summed E-state index contributed by atoms with van der Waals surface area (Å²) >= 11 is 6.51. The molecule has 3 aromatic rings. The average Bonchev–Trinajstić information content (AvgIpc) is 3.12. The van der Waals surface area contributed by atoms with Gasteiger partial charge >= 0.3 is 0 Å². The van der Waals surface area contributed by atoms with E-state index in [1.165, 1.54) is 18.3 Å². The molecule has 0 fully saturated rings. The van der Waals surface area contributed by atoms with Crippen LogP contribution < -0.4 is 5.43 Å². The van der Waals surface area contributed by atoms with Crippen LogP contribution in [-0.2, 0) is 12.0 Å². The fraction of sp³-hybridized carbons (Fsp3) is 0.227. The molecule has 6 nitrogen and oxygen atoms in total. The Morgan fingerprint density at radius 3 is 2.39 bits per heavy atom. The summed E-state index contributed by atoms with van der Waals surface area (Å²) in [5.74, 6) is -0.654. The number of hydrazone groups is 1. The van der Waals surface area contributed by atoms with E-state index in [1.807, 2.05) is 20.8 Å². The van der Waals surface area contributed by atoms with E-state index >= 15 is 0 Å². The highest BCUT2D eigenvalue weighted by Gasteiger charge is 2.23. The zero-order chi connectivity index (χ0) is 22.8. The number of halogens is 3. The molecule has 1 heterocycles. The SMILES string of the molecule is CC(C)(C)c1cc(C(=O)NN=Cc2cc(Br)c(O)c(Br)c2)n(Cc2ccc(F)cc2)n1. The summed E-state index contributed by atoms with van der Waals surface area (Å²) in [4.78, 5) is 12.8. The van der Waals surface area contributed by atoms with Crippen molar-refractivity contribution in [2.45, 2.75) is 32.7 Å². The first-order chi connectivity index (χ1) is 14.5. The Kier molecular flexibility index (Phi) is 6.96. The third kappa shape index (κ3) is 5.80. The van der Waals surface area contributed by atoms with Gasteiger partial charge in [-0.1, -0.05) is 32.9 Å². The zero-order valence-electron chi connectivity index (χ0n) is 17.2. The van der Waals surface area contributed by atoms with Gasteiger partial charge in [0, 0.05) is 5.41 Å². The maximum absolute atomic E-state index is 13.2. The molecule has 0 saturated carbocycles. The van der Waals surface area contributed by atoms with Crippen molar-refractivity contribution in [2.75, 3.05) is 0 Å². The van der Waals surface area contributed by atoms with Crippen LogP contribution >= 0.6 is 31.9 Å². The van der Waals surface area contributed by atoms with Crippen LogP contribution in [0.5, 0.6) is 5.75 Å². The summed E-state index contributed by atoms with van der Waals surface area (Å²) < 4.78 is 15.8. The van der Waals surface area contributed by atoms with E-state index < -0.39 is 5.91 Å². The Balaban J connectivity index is 1.83. The van der Waals surface area contributed by atoms with Crippen LogP contribution in [0.1, 0.15) is 48.1 Å². The number of aromatic hydroxyl groups is 1. The molecule has 2 aromatic carbocycles. The topological polar surface area (TPSA) is 79.5 Å². The highest BCUT2D eigenvalue weighted by atomic mass is 79.9. The van der Waals surface area contributed by atoms with Gasteiger partial charge in [0.15, 0.2) is 0 Å². The number of benzene rings is 2. The fourth-order valence-electron chi connectivity index (χ4n) is 2.73. The van der Waals surface area contributed by atoms with Crippen molar-refractivity contribution in [3.8, 4) is 5.75 Å². The van der Waals surface area contributed by atoms with Crippen LogP contribution in [0.15, 0.2) is 56.5 Å². The monoisotopic (exact) mass is 550 g/mol. The predicted octanol–water partition coefficient (Wildman–Crippen LogP) is 5.36. The van der Waals surface area contributed by atoms with Gasteiger partial charge in [-0.2, -0.15) is 10.2 Å². The lowest BCUT2D eigenvalue weighted by Crippen LogP contribution is -2.22. The first-order valence-corrected chi connectivity index (χ1v) is 11.0. The van der Waals surface area contributed by atoms with Crippen molar-refractivity contribution in [1.29, 1.82) is 0 Å². The number of nitrogens with zero attached hydrogens (tertiary/aromatic N) is 3. The van der Waals surface area contributed by atoms with Crippen LogP contribution in [0.4, 0.5) is 4.39 Å². The Hall–Kier alpha value is -2.52. The minimum absolute atomic E-state index is 0.0839. The minimum atomic E-state index is -0.418. The fourth-order valence-corrected chi connectivity index (χ4v) is 3.95. The number of carbonyl (C=O) groups is 1. The molecule has 31 heavy (non-hydrogen) atoms. The van der Waals surface area contributed by atoms with E-state index in [-0.39, 0.29) is 17.0 Å². The van der Waals surface area contributed by atoms with E-state index in [4.69, 9.17) is 0 Å². The molecule has 2 N–H and O–H groups in total. The summed E-state index contributed by atoms with van der Waals surface area (Å²) in [7, 11) is 0. The Bertz CT molecular complexity index is 1110. The van der Waals surface area contributed by atoms with Gasteiger partial charge in [-0.05, 0) is 73.3 Å². The number of carbonyl (C=O) groups excluding carboxylic acids is 1. The number of aromatic nitrogens is 2. The van der Waals surface area contributed by atoms with E-state index in [9.17, 15) is 14.3 Å². The van der Waals surface area contributed by atoms with Crippen LogP contribution in [0.3, 0.4) is 0 Å². The first kappa shape index (κ1) is 23.1. The van der Waals surface area contributed by atoms with Crippen molar-refractivity contribution in [1.82, 2.24) is 15.2 Å². The largest absolute Gasteiger partial charge is 0.506 e. The van der Waals surface area contributed by atoms with Gasteiger partial charge in [0.1, 0.15) is 17.3 Å².